The molecule has 0 radical (unpaired) electrons. The van der Waals surface area contributed by atoms with Crippen molar-refractivity contribution in [3.05, 3.63) is 40.1 Å². The number of hydrogen-bond donors (Lipinski definition) is 1. The minimum atomic E-state index is 0.180. The Morgan fingerprint density at radius 1 is 1.37 bits per heavy atom. The summed E-state index contributed by atoms with van der Waals surface area (Å²) < 4.78 is 3.12. The zero-order valence-electron chi connectivity index (χ0n) is 11.4. The lowest BCUT2D eigenvalue weighted by Gasteiger charge is -2.16. The SMILES string of the molecule is CCn1nc(C)c(Br)c1CC(NC)c1cncnc1. The summed E-state index contributed by atoms with van der Waals surface area (Å²) in [5.74, 6) is 0. The van der Waals surface area contributed by atoms with E-state index in [2.05, 4.69) is 43.2 Å². The molecular weight excluding hydrogens is 306 g/mol. The van der Waals surface area contributed by atoms with E-state index >= 15 is 0 Å². The first-order chi connectivity index (χ1) is 9.17. The number of halogens is 1. The van der Waals surface area contributed by atoms with E-state index in [4.69, 9.17) is 0 Å². The van der Waals surface area contributed by atoms with Crippen molar-refractivity contribution in [2.45, 2.75) is 32.9 Å². The number of nitrogens with one attached hydrogen (secondary N) is 1. The van der Waals surface area contributed by atoms with Gasteiger partial charge in [0.1, 0.15) is 6.33 Å². The molecule has 0 bridgehead atoms. The average molecular weight is 324 g/mol. The highest BCUT2D eigenvalue weighted by Gasteiger charge is 2.18. The summed E-state index contributed by atoms with van der Waals surface area (Å²) in [7, 11) is 1.95. The summed E-state index contributed by atoms with van der Waals surface area (Å²) in [5.41, 5.74) is 3.30. The van der Waals surface area contributed by atoms with E-state index in [1.165, 1.54) is 5.69 Å². The lowest BCUT2D eigenvalue weighted by atomic mass is 10.1. The van der Waals surface area contributed by atoms with E-state index in [-0.39, 0.29) is 6.04 Å². The molecule has 2 rings (SSSR count). The molecule has 2 aromatic heterocycles. The minimum Gasteiger partial charge on any atom is -0.313 e. The van der Waals surface area contributed by atoms with Crippen LogP contribution in [0, 0.1) is 6.92 Å². The largest absolute Gasteiger partial charge is 0.313 e. The third-order valence-electron chi connectivity index (χ3n) is 3.18. The van der Waals surface area contributed by atoms with Crippen molar-refractivity contribution >= 4 is 15.9 Å². The zero-order chi connectivity index (χ0) is 13.8. The molecule has 5 nitrogen and oxygen atoms in total. The second-order valence-corrected chi connectivity index (χ2v) is 5.17. The molecule has 2 aromatic rings. The molecule has 0 saturated carbocycles. The topological polar surface area (TPSA) is 55.6 Å². The maximum absolute atomic E-state index is 4.52. The molecule has 2 heterocycles. The Kier molecular flexibility index (Phi) is 4.66. The highest BCUT2D eigenvalue weighted by atomic mass is 79.9. The van der Waals surface area contributed by atoms with Gasteiger partial charge in [-0.05, 0) is 36.8 Å². The standard InChI is InChI=1S/C13H18BrN5/c1-4-19-12(13(14)9(2)18-19)5-11(15-3)10-6-16-8-17-7-10/h6-8,11,15H,4-5H2,1-3H3. The van der Waals surface area contributed by atoms with Crippen molar-refractivity contribution in [1.29, 1.82) is 0 Å². The molecule has 6 heteroatoms. The number of rotatable bonds is 5. The number of aromatic nitrogens is 4. The van der Waals surface area contributed by atoms with E-state index in [0.29, 0.717) is 0 Å². The van der Waals surface area contributed by atoms with E-state index in [1.54, 1.807) is 6.33 Å². The van der Waals surface area contributed by atoms with Crippen LogP contribution in [0.3, 0.4) is 0 Å². The second kappa shape index (κ2) is 6.25. The highest BCUT2D eigenvalue weighted by Crippen LogP contribution is 2.26. The molecular formula is C13H18BrN5. The number of aryl methyl sites for hydroxylation is 2. The van der Waals surface area contributed by atoms with Crippen LogP contribution in [0.15, 0.2) is 23.2 Å². The fourth-order valence-electron chi connectivity index (χ4n) is 2.13. The van der Waals surface area contributed by atoms with Crippen LogP contribution in [0.25, 0.3) is 0 Å². The number of hydrogen-bond acceptors (Lipinski definition) is 4. The van der Waals surface area contributed by atoms with Gasteiger partial charge in [-0.1, -0.05) is 0 Å². The van der Waals surface area contributed by atoms with Crippen molar-refractivity contribution in [2.24, 2.45) is 0 Å². The molecule has 0 aliphatic heterocycles. The number of nitrogens with zero attached hydrogens (tertiary/aromatic N) is 4. The van der Waals surface area contributed by atoms with Gasteiger partial charge in [0, 0.05) is 37.0 Å². The van der Waals surface area contributed by atoms with Crippen LogP contribution in [0.1, 0.15) is 29.9 Å². The lowest BCUT2D eigenvalue weighted by molar-refractivity contribution is 0.537. The highest BCUT2D eigenvalue weighted by molar-refractivity contribution is 9.10. The van der Waals surface area contributed by atoms with Gasteiger partial charge in [-0.15, -0.1) is 0 Å². The van der Waals surface area contributed by atoms with Gasteiger partial charge < -0.3 is 5.32 Å². The van der Waals surface area contributed by atoms with Crippen molar-refractivity contribution in [2.75, 3.05) is 7.05 Å². The van der Waals surface area contributed by atoms with Gasteiger partial charge in [0.25, 0.3) is 0 Å². The summed E-state index contributed by atoms with van der Waals surface area (Å²) in [6, 6.07) is 0.180. The lowest BCUT2D eigenvalue weighted by Crippen LogP contribution is -2.21. The summed E-state index contributed by atoms with van der Waals surface area (Å²) in [5, 5.41) is 7.83. The predicted octanol–water partition coefficient (Wildman–Crippen LogP) is 2.27. The summed E-state index contributed by atoms with van der Waals surface area (Å²) >= 11 is 3.63. The monoisotopic (exact) mass is 323 g/mol. The van der Waals surface area contributed by atoms with Crippen molar-refractivity contribution in [3.63, 3.8) is 0 Å². The van der Waals surface area contributed by atoms with Gasteiger partial charge in [0.05, 0.1) is 15.9 Å². The molecule has 19 heavy (non-hydrogen) atoms. The van der Waals surface area contributed by atoms with Crippen LogP contribution >= 0.6 is 15.9 Å². The maximum atomic E-state index is 4.52. The van der Waals surface area contributed by atoms with Crippen molar-refractivity contribution < 1.29 is 0 Å². The van der Waals surface area contributed by atoms with E-state index in [1.807, 2.05) is 31.0 Å². The fourth-order valence-corrected chi connectivity index (χ4v) is 2.58. The van der Waals surface area contributed by atoms with E-state index in [9.17, 15) is 0 Å². The fraction of sp³-hybridized carbons (Fsp3) is 0.462. The smallest absolute Gasteiger partial charge is 0.115 e. The van der Waals surface area contributed by atoms with E-state index < -0.39 is 0 Å². The minimum absolute atomic E-state index is 0.180. The van der Waals surface area contributed by atoms with Gasteiger partial charge in [0.15, 0.2) is 0 Å². The molecule has 1 atom stereocenters. The Bertz CT molecular complexity index is 537. The van der Waals surface area contributed by atoms with Crippen LogP contribution in [0.5, 0.6) is 0 Å². The van der Waals surface area contributed by atoms with Gasteiger partial charge in [-0.3, -0.25) is 4.68 Å². The first-order valence-corrected chi connectivity index (χ1v) is 7.10. The van der Waals surface area contributed by atoms with Crippen LogP contribution < -0.4 is 5.32 Å². The Balaban J connectivity index is 2.29. The molecule has 0 aromatic carbocycles. The quantitative estimate of drug-likeness (QED) is 0.917. The number of likely N-dealkylation sites (N-methyl/N-ethyl adjacent to an activating group) is 1. The molecule has 0 fully saturated rings. The van der Waals surface area contributed by atoms with Crippen LogP contribution in [0.2, 0.25) is 0 Å². The molecule has 0 amide bonds. The Labute approximate surface area is 121 Å². The van der Waals surface area contributed by atoms with Crippen molar-refractivity contribution in [3.8, 4) is 0 Å². The molecule has 0 saturated heterocycles. The van der Waals surface area contributed by atoms with Crippen molar-refractivity contribution in [1.82, 2.24) is 25.1 Å². The van der Waals surface area contributed by atoms with Gasteiger partial charge in [0.2, 0.25) is 0 Å². The Morgan fingerprint density at radius 2 is 2.05 bits per heavy atom. The Morgan fingerprint density at radius 3 is 2.63 bits per heavy atom. The molecule has 0 spiro atoms. The predicted molar refractivity (Wildman–Crippen MR) is 77.9 cm³/mol. The summed E-state index contributed by atoms with van der Waals surface area (Å²) in [4.78, 5) is 8.16. The molecule has 1 N–H and O–H groups in total. The summed E-state index contributed by atoms with van der Waals surface area (Å²) in [6.45, 7) is 4.98. The van der Waals surface area contributed by atoms with Crippen LogP contribution in [-0.4, -0.2) is 26.8 Å². The van der Waals surface area contributed by atoms with E-state index in [0.717, 1.165) is 28.7 Å². The van der Waals surface area contributed by atoms with Crippen LogP contribution in [-0.2, 0) is 13.0 Å². The van der Waals surface area contributed by atoms with Gasteiger partial charge in [-0.2, -0.15) is 5.10 Å². The first kappa shape index (κ1) is 14.1. The third kappa shape index (κ3) is 3.01. The average Bonchev–Trinajstić information content (AvgIpc) is 2.72. The molecule has 0 aliphatic carbocycles. The normalized spacial score (nSPS) is 12.6. The summed E-state index contributed by atoms with van der Waals surface area (Å²) in [6.07, 6.45) is 6.09. The molecule has 1 unspecified atom stereocenters. The third-order valence-corrected chi connectivity index (χ3v) is 4.21. The Hall–Kier alpha value is -1.27. The van der Waals surface area contributed by atoms with Crippen LogP contribution in [0.4, 0.5) is 0 Å². The van der Waals surface area contributed by atoms with Gasteiger partial charge >= 0.3 is 0 Å². The van der Waals surface area contributed by atoms with Gasteiger partial charge in [-0.25, -0.2) is 9.97 Å². The zero-order valence-corrected chi connectivity index (χ0v) is 13.0. The molecule has 0 aliphatic rings. The maximum Gasteiger partial charge on any atom is 0.115 e. The second-order valence-electron chi connectivity index (χ2n) is 4.38. The first-order valence-electron chi connectivity index (χ1n) is 6.31. The molecule has 102 valence electrons.